The van der Waals surface area contributed by atoms with E-state index in [4.69, 9.17) is 0 Å². The van der Waals surface area contributed by atoms with E-state index in [0.717, 1.165) is 38.5 Å². The first-order valence-corrected chi connectivity index (χ1v) is 14.1. The third-order valence-electron chi connectivity index (χ3n) is 5.82. The van der Waals surface area contributed by atoms with E-state index in [-0.39, 0.29) is 41.4 Å². The van der Waals surface area contributed by atoms with Crippen molar-refractivity contribution in [3.63, 3.8) is 0 Å². The summed E-state index contributed by atoms with van der Waals surface area (Å²) in [7, 11) is -4.01. The summed E-state index contributed by atoms with van der Waals surface area (Å²) in [5.74, 6) is -0.198. The molecule has 1 N–H and O–H groups in total. The Morgan fingerprint density at radius 2 is 0.900 bits per heavy atom. The normalized spacial score (nSPS) is 12.6. The second-order valence-corrected chi connectivity index (χ2v) is 10.4. The minimum Gasteiger partial charge on any atom is -0.748 e. The van der Waals surface area contributed by atoms with Crippen LogP contribution in [0.3, 0.4) is 0 Å². The molecule has 1 atom stereocenters. The molecular weight excluding hydrogens is 407 g/mol. The van der Waals surface area contributed by atoms with Crippen LogP contribution < -0.4 is 29.6 Å². The molecule has 0 aliphatic heterocycles. The number of aliphatic hydroxyl groups is 1. The van der Waals surface area contributed by atoms with Gasteiger partial charge in [0, 0.05) is 5.75 Å². The van der Waals surface area contributed by atoms with Gasteiger partial charge in [0.15, 0.2) is 0 Å². The van der Waals surface area contributed by atoms with Crippen LogP contribution in [0.4, 0.5) is 0 Å². The molecular formula is C24H49NaO4S. The van der Waals surface area contributed by atoms with Gasteiger partial charge in [-0.15, -0.1) is 0 Å². The largest absolute Gasteiger partial charge is 1.00 e. The number of hydrogen-bond donors (Lipinski definition) is 1. The molecule has 0 aromatic rings. The van der Waals surface area contributed by atoms with Gasteiger partial charge in [-0.3, -0.25) is 0 Å². The molecule has 0 spiro atoms. The predicted octanol–water partition coefficient (Wildman–Crippen LogP) is 4.11. The minimum atomic E-state index is -4.01. The van der Waals surface area contributed by atoms with Crippen molar-refractivity contribution in [1.29, 1.82) is 0 Å². The van der Waals surface area contributed by atoms with Gasteiger partial charge in [-0.05, 0) is 19.3 Å². The molecule has 0 amide bonds. The van der Waals surface area contributed by atoms with E-state index in [1.54, 1.807) is 0 Å². The van der Waals surface area contributed by atoms with Crippen molar-refractivity contribution in [2.45, 2.75) is 148 Å². The van der Waals surface area contributed by atoms with E-state index in [1.807, 2.05) is 0 Å². The molecule has 0 aromatic heterocycles. The number of unbranched alkanes of at least 4 members (excludes halogenated alkanes) is 17. The monoisotopic (exact) mass is 456 g/mol. The molecule has 0 saturated heterocycles. The van der Waals surface area contributed by atoms with E-state index in [9.17, 15) is 18.1 Å². The van der Waals surface area contributed by atoms with Crippen LogP contribution in [-0.2, 0) is 10.1 Å². The summed E-state index contributed by atoms with van der Waals surface area (Å²) in [5.41, 5.74) is 0. The number of hydrogen-bond acceptors (Lipinski definition) is 4. The predicted molar refractivity (Wildman–Crippen MR) is 123 cm³/mol. The van der Waals surface area contributed by atoms with Crippen LogP contribution in [0.2, 0.25) is 0 Å². The van der Waals surface area contributed by atoms with E-state index >= 15 is 0 Å². The SMILES string of the molecule is CCCCC(O)CCCCCCCCCCCCCCCCCCCS(=O)(=O)[O-].[Na+]. The molecule has 0 bridgehead atoms. The Morgan fingerprint density at radius 3 is 1.23 bits per heavy atom. The zero-order valence-corrected chi connectivity index (χ0v) is 23.0. The molecule has 176 valence electrons. The molecule has 0 saturated carbocycles. The smallest absolute Gasteiger partial charge is 0.748 e. The topological polar surface area (TPSA) is 77.4 Å². The number of rotatable bonds is 23. The molecule has 30 heavy (non-hydrogen) atoms. The van der Waals surface area contributed by atoms with Crippen LogP contribution in [0.1, 0.15) is 142 Å². The van der Waals surface area contributed by atoms with Crippen molar-refractivity contribution in [1.82, 2.24) is 0 Å². The maximum absolute atomic E-state index is 10.5. The molecule has 4 nitrogen and oxygen atoms in total. The second-order valence-electron chi connectivity index (χ2n) is 8.86. The Labute approximate surface area is 210 Å². The summed E-state index contributed by atoms with van der Waals surface area (Å²) in [6.45, 7) is 2.18. The van der Waals surface area contributed by atoms with Crippen LogP contribution in [0.15, 0.2) is 0 Å². The van der Waals surface area contributed by atoms with E-state index in [0.29, 0.717) is 6.42 Å². The van der Waals surface area contributed by atoms with E-state index in [1.165, 1.54) is 89.9 Å². The first kappa shape index (κ1) is 33.0. The summed E-state index contributed by atoms with van der Waals surface area (Å²) in [6.07, 6.45) is 25.0. The molecule has 0 radical (unpaired) electrons. The first-order chi connectivity index (χ1) is 14.0. The quantitative estimate of drug-likeness (QED) is 0.143. The standard InChI is InChI=1S/C24H50O4S.Na/c1-2-3-21-24(25)22-19-17-15-13-11-9-7-5-4-6-8-10-12-14-16-18-20-23-29(26,27)28;/h24-25H,2-23H2,1H3,(H,26,27,28);/q;+1/p-1. The van der Waals surface area contributed by atoms with Gasteiger partial charge in [0.2, 0.25) is 0 Å². The van der Waals surface area contributed by atoms with Crippen molar-refractivity contribution in [2.75, 3.05) is 5.75 Å². The summed E-state index contributed by atoms with van der Waals surface area (Å²) >= 11 is 0. The molecule has 0 aliphatic rings. The fraction of sp³-hybridized carbons (Fsp3) is 1.00. The maximum Gasteiger partial charge on any atom is 1.00 e. The van der Waals surface area contributed by atoms with Gasteiger partial charge in [0.05, 0.1) is 16.2 Å². The van der Waals surface area contributed by atoms with Crippen LogP contribution in [-0.4, -0.2) is 29.9 Å². The first-order valence-electron chi connectivity index (χ1n) is 12.6. The van der Waals surface area contributed by atoms with Gasteiger partial charge in [-0.1, -0.05) is 122 Å². The third kappa shape index (κ3) is 28.9. The zero-order chi connectivity index (χ0) is 21.6. The van der Waals surface area contributed by atoms with Gasteiger partial charge in [0.25, 0.3) is 0 Å². The second kappa shape index (κ2) is 24.5. The zero-order valence-electron chi connectivity index (χ0n) is 20.2. The van der Waals surface area contributed by atoms with Crippen LogP contribution in [0, 0.1) is 0 Å². The van der Waals surface area contributed by atoms with Crippen molar-refractivity contribution < 1.29 is 47.6 Å². The summed E-state index contributed by atoms with van der Waals surface area (Å²) in [6, 6.07) is 0. The molecule has 0 heterocycles. The molecule has 1 unspecified atom stereocenters. The summed E-state index contributed by atoms with van der Waals surface area (Å²) < 4.78 is 31.5. The summed E-state index contributed by atoms with van der Waals surface area (Å²) in [4.78, 5) is 0. The third-order valence-corrected chi connectivity index (χ3v) is 6.61. The summed E-state index contributed by atoms with van der Waals surface area (Å²) in [5, 5.41) is 9.81. The Balaban J connectivity index is 0. The van der Waals surface area contributed by atoms with Crippen LogP contribution in [0.5, 0.6) is 0 Å². The Morgan fingerprint density at radius 1 is 0.600 bits per heavy atom. The fourth-order valence-corrected chi connectivity index (χ4v) is 4.45. The van der Waals surface area contributed by atoms with Crippen LogP contribution >= 0.6 is 0 Å². The minimum absolute atomic E-state index is 0. The van der Waals surface area contributed by atoms with Crippen molar-refractivity contribution in [3.05, 3.63) is 0 Å². The average Bonchev–Trinajstić information content (AvgIpc) is 2.67. The maximum atomic E-state index is 10.5. The average molecular weight is 457 g/mol. The molecule has 0 aromatic carbocycles. The van der Waals surface area contributed by atoms with Crippen LogP contribution in [0.25, 0.3) is 0 Å². The van der Waals surface area contributed by atoms with Crippen molar-refractivity contribution in [2.24, 2.45) is 0 Å². The van der Waals surface area contributed by atoms with E-state index < -0.39 is 10.1 Å². The fourth-order valence-electron chi connectivity index (χ4n) is 3.89. The molecule has 0 fully saturated rings. The molecule has 6 heteroatoms. The Kier molecular flexibility index (Phi) is 27.0. The van der Waals surface area contributed by atoms with Gasteiger partial charge >= 0.3 is 29.6 Å². The Hall–Kier alpha value is 0.870. The van der Waals surface area contributed by atoms with Gasteiger partial charge in [0.1, 0.15) is 0 Å². The molecule has 0 rings (SSSR count). The van der Waals surface area contributed by atoms with Gasteiger partial charge < -0.3 is 9.66 Å². The van der Waals surface area contributed by atoms with E-state index in [2.05, 4.69) is 6.92 Å². The van der Waals surface area contributed by atoms with Gasteiger partial charge in [-0.25, -0.2) is 8.42 Å². The Bertz CT molecular complexity index is 429. The number of aliphatic hydroxyl groups excluding tert-OH is 1. The van der Waals surface area contributed by atoms with Crippen molar-refractivity contribution >= 4 is 10.1 Å². The van der Waals surface area contributed by atoms with Crippen molar-refractivity contribution in [3.8, 4) is 0 Å². The van der Waals surface area contributed by atoms with Gasteiger partial charge in [-0.2, -0.15) is 0 Å². The molecule has 0 aliphatic carbocycles.